The summed E-state index contributed by atoms with van der Waals surface area (Å²) in [4.78, 5) is 13.7. The Hall–Kier alpha value is -0.610. The van der Waals surface area contributed by atoms with Gasteiger partial charge in [0, 0.05) is 20.2 Å². The largest absolute Gasteiger partial charge is 0.380 e. The van der Waals surface area contributed by atoms with E-state index < -0.39 is 0 Å². The molecule has 1 fully saturated rings. The van der Waals surface area contributed by atoms with E-state index in [1.807, 2.05) is 14.0 Å². The minimum Gasteiger partial charge on any atom is -0.380 e. The molecule has 1 N–H and O–H groups in total. The first-order valence-corrected chi connectivity index (χ1v) is 5.81. The van der Waals surface area contributed by atoms with Crippen molar-refractivity contribution in [1.82, 2.24) is 10.2 Å². The Kier molecular flexibility index (Phi) is 5.65. The minimum absolute atomic E-state index is 0.0328. The maximum absolute atomic E-state index is 11.9. The van der Waals surface area contributed by atoms with Crippen molar-refractivity contribution in [3.63, 3.8) is 0 Å². The van der Waals surface area contributed by atoms with Crippen molar-refractivity contribution in [2.45, 2.75) is 32.2 Å². The third-order valence-corrected chi connectivity index (χ3v) is 2.76. The topological polar surface area (TPSA) is 41.6 Å². The summed E-state index contributed by atoms with van der Waals surface area (Å²) in [5, 5.41) is 3.26. The molecule has 0 aromatic rings. The Balaban J connectivity index is 2.24. The highest BCUT2D eigenvalue weighted by molar-refractivity contribution is 5.81. The molecule has 0 saturated carbocycles. The fourth-order valence-electron chi connectivity index (χ4n) is 1.78. The average molecular weight is 214 g/mol. The first-order chi connectivity index (χ1) is 7.25. The summed E-state index contributed by atoms with van der Waals surface area (Å²) in [6, 6.07) is 0.0328. The maximum atomic E-state index is 11.9. The molecular weight excluding hydrogens is 192 g/mol. The van der Waals surface area contributed by atoms with Crippen molar-refractivity contribution in [3.8, 4) is 0 Å². The van der Waals surface area contributed by atoms with Crippen LogP contribution in [0.2, 0.25) is 0 Å². The Labute approximate surface area is 92.0 Å². The SMILES string of the molecule is CCOCCN(C)C(=O)C1CCCCN1. The smallest absolute Gasteiger partial charge is 0.239 e. The van der Waals surface area contributed by atoms with Gasteiger partial charge in [-0.1, -0.05) is 6.42 Å². The molecule has 4 nitrogen and oxygen atoms in total. The van der Waals surface area contributed by atoms with Gasteiger partial charge in [-0.25, -0.2) is 0 Å². The van der Waals surface area contributed by atoms with Crippen LogP contribution in [0.1, 0.15) is 26.2 Å². The lowest BCUT2D eigenvalue weighted by atomic mass is 10.0. The monoisotopic (exact) mass is 214 g/mol. The molecule has 0 spiro atoms. The second-order valence-electron chi connectivity index (χ2n) is 3.96. The molecule has 1 rings (SSSR count). The third kappa shape index (κ3) is 4.18. The number of nitrogens with one attached hydrogen (secondary N) is 1. The molecule has 1 atom stereocenters. The highest BCUT2D eigenvalue weighted by atomic mass is 16.5. The normalized spacial score (nSPS) is 21.3. The fourth-order valence-corrected chi connectivity index (χ4v) is 1.78. The number of nitrogens with zero attached hydrogens (tertiary/aromatic N) is 1. The standard InChI is InChI=1S/C11H22N2O2/c1-3-15-9-8-13(2)11(14)10-6-4-5-7-12-10/h10,12H,3-9H2,1-2H3. The van der Waals surface area contributed by atoms with Crippen LogP contribution in [-0.2, 0) is 9.53 Å². The third-order valence-electron chi connectivity index (χ3n) is 2.76. The second kappa shape index (κ2) is 6.80. The minimum atomic E-state index is 0.0328. The molecule has 0 radical (unpaired) electrons. The van der Waals surface area contributed by atoms with Gasteiger partial charge in [0.25, 0.3) is 0 Å². The molecule has 1 unspecified atom stereocenters. The Morgan fingerprint density at radius 2 is 2.33 bits per heavy atom. The number of carbonyl (C=O) groups is 1. The van der Waals surface area contributed by atoms with Crippen LogP contribution in [0.4, 0.5) is 0 Å². The number of amides is 1. The summed E-state index contributed by atoms with van der Waals surface area (Å²) in [5.41, 5.74) is 0. The van der Waals surface area contributed by atoms with Gasteiger partial charge in [0.05, 0.1) is 12.6 Å². The number of hydrogen-bond acceptors (Lipinski definition) is 3. The van der Waals surface area contributed by atoms with Crippen LogP contribution in [0.15, 0.2) is 0 Å². The highest BCUT2D eigenvalue weighted by Gasteiger charge is 2.22. The molecule has 0 aliphatic carbocycles. The molecule has 0 aromatic heterocycles. The predicted octanol–water partition coefficient (Wildman–Crippen LogP) is 0.623. The number of rotatable bonds is 5. The molecule has 0 aromatic carbocycles. The zero-order valence-electron chi connectivity index (χ0n) is 9.79. The summed E-state index contributed by atoms with van der Waals surface area (Å²) >= 11 is 0. The summed E-state index contributed by atoms with van der Waals surface area (Å²) < 4.78 is 5.23. The lowest BCUT2D eigenvalue weighted by Crippen LogP contribution is -2.47. The number of carbonyl (C=O) groups excluding carboxylic acids is 1. The molecule has 1 amide bonds. The summed E-state index contributed by atoms with van der Waals surface area (Å²) in [5.74, 6) is 0.203. The van der Waals surface area contributed by atoms with Gasteiger partial charge in [0.1, 0.15) is 0 Å². The number of hydrogen-bond donors (Lipinski definition) is 1. The molecule has 15 heavy (non-hydrogen) atoms. The van der Waals surface area contributed by atoms with Gasteiger partial charge in [-0.05, 0) is 26.3 Å². The van der Waals surface area contributed by atoms with Crippen LogP contribution in [0.25, 0.3) is 0 Å². The van der Waals surface area contributed by atoms with Crippen molar-refractivity contribution in [1.29, 1.82) is 0 Å². The van der Waals surface area contributed by atoms with E-state index >= 15 is 0 Å². The lowest BCUT2D eigenvalue weighted by Gasteiger charge is -2.27. The van der Waals surface area contributed by atoms with Gasteiger partial charge in [-0.2, -0.15) is 0 Å². The molecule has 88 valence electrons. The predicted molar refractivity (Wildman–Crippen MR) is 59.8 cm³/mol. The maximum Gasteiger partial charge on any atom is 0.239 e. The number of piperidine rings is 1. The van der Waals surface area contributed by atoms with Gasteiger partial charge in [0.2, 0.25) is 5.91 Å². The van der Waals surface area contributed by atoms with Gasteiger partial charge in [0.15, 0.2) is 0 Å². The van der Waals surface area contributed by atoms with Crippen molar-refractivity contribution in [3.05, 3.63) is 0 Å². The van der Waals surface area contributed by atoms with E-state index in [1.54, 1.807) is 4.90 Å². The van der Waals surface area contributed by atoms with Crippen LogP contribution in [0, 0.1) is 0 Å². The van der Waals surface area contributed by atoms with Gasteiger partial charge < -0.3 is 15.0 Å². The van der Waals surface area contributed by atoms with Gasteiger partial charge >= 0.3 is 0 Å². The molecule has 1 heterocycles. The molecule has 1 saturated heterocycles. The van der Waals surface area contributed by atoms with Crippen LogP contribution in [0.5, 0.6) is 0 Å². The van der Waals surface area contributed by atoms with Crippen LogP contribution in [-0.4, -0.2) is 50.2 Å². The Bertz CT molecular complexity index is 191. The summed E-state index contributed by atoms with van der Waals surface area (Å²) in [6.45, 7) is 4.96. The summed E-state index contributed by atoms with van der Waals surface area (Å²) in [7, 11) is 1.84. The average Bonchev–Trinajstić information content (AvgIpc) is 2.29. The zero-order chi connectivity index (χ0) is 11.1. The molecule has 4 heteroatoms. The quantitative estimate of drug-likeness (QED) is 0.682. The van der Waals surface area contributed by atoms with E-state index in [0.29, 0.717) is 19.8 Å². The first kappa shape index (κ1) is 12.5. The molecule has 1 aliphatic heterocycles. The zero-order valence-corrected chi connectivity index (χ0v) is 9.79. The van der Waals surface area contributed by atoms with Gasteiger partial charge in [-0.3, -0.25) is 4.79 Å². The van der Waals surface area contributed by atoms with E-state index in [4.69, 9.17) is 4.74 Å². The fraction of sp³-hybridized carbons (Fsp3) is 0.909. The Morgan fingerprint density at radius 1 is 1.53 bits per heavy atom. The van der Waals surface area contributed by atoms with Crippen molar-refractivity contribution >= 4 is 5.91 Å². The van der Waals surface area contributed by atoms with E-state index in [9.17, 15) is 4.79 Å². The number of likely N-dealkylation sites (N-methyl/N-ethyl adjacent to an activating group) is 1. The Morgan fingerprint density at radius 3 is 2.93 bits per heavy atom. The van der Waals surface area contributed by atoms with E-state index in [1.165, 1.54) is 6.42 Å². The van der Waals surface area contributed by atoms with Crippen LogP contribution < -0.4 is 5.32 Å². The van der Waals surface area contributed by atoms with Crippen molar-refractivity contribution in [2.75, 3.05) is 33.4 Å². The van der Waals surface area contributed by atoms with Crippen LogP contribution in [0.3, 0.4) is 0 Å². The second-order valence-corrected chi connectivity index (χ2v) is 3.96. The van der Waals surface area contributed by atoms with Crippen molar-refractivity contribution in [2.24, 2.45) is 0 Å². The molecule has 0 bridgehead atoms. The van der Waals surface area contributed by atoms with Gasteiger partial charge in [-0.15, -0.1) is 0 Å². The highest BCUT2D eigenvalue weighted by Crippen LogP contribution is 2.08. The van der Waals surface area contributed by atoms with E-state index in [-0.39, 0.29) is 11.9 Å². The van der Waals surface area contributed by atoms with E-state index in [0.717, 1.165) is 19.4 Å². The van der Waals surface area contributed by atoms with Crippen LogP contribution >= 0.6 is 0 Å². The molecule has 1 aliphatic rings. The van der Waals surface area contributed by atoms with Crippen molar-refractivity contribution < 1.29 is 9.53 Å². The summed E-state index contributed by atoms with van der Waals surface area (Å²) in [6.07, 6.45) is 3.31. The van der Waals surface area contributed by atoms with E-state index in [2.05, 4.69) is 5.32 Å². The first-order valence-electron chi connectivity index (χ1n) is 5.81. The molecular formula is C11H22N2O2. The lowest BCUT2D eigenvalue weighted by molar-refractivity contribution is -0.133. The number of ether oxygens (including phenoxy) is 1.